The summed E-state index contributed by atoms with van der Waals surface area (Å²) >= 11 is 0. The summed E-state index contributed by atoms with van der Waals surface area (Å²) in [5, 5.41) is 0. The van der Waals surface area contributed by atoms with E-state index in [0.717, 1.165) is 116 Å². The van der Waals surface area contributed by atoms with Crippen LogP contribution in [0.5, 0.6) is 0 Å². The van der Waals surface area contributed by atoms with E-state index in [1.54, 1.807) is 0 Å². The topological polar surface area (TPSA) is 78.9 Å². The van der Waals surface area contributed by atoms with Gasteiger partial charge in [0.2, 0.25) is 0 Å². The summed E-state index contributed by atoms with van der Waals surface area (Å²) in [6.07, 6.45) is 84.9. The number of carbonyl (C=O) groups excluding carboxylic acids is 3. The molecule has 0 bridgehead atoms. The normalized spacial score (nSPS) is 13.0. The van der Waals surface area contributed by atoms with Crippen molar-refractivity contribution < 1.29 is 28.6 Å². The molecule has 0 aromatic rings. The molecular formula is C68H112O6. The zero-order valence-corrected chi connectivity index (χ0v) is 48.1. The molecule has 1 unspecified atom stereocenters. The van der Waals surface area contributed by atoms with E-state index in [1.807, 2.05) is 0 Å². The third kappa shape index (κ3) is 58.7. The molecule has 420 valence electrons. The van der Waals surface area contributed by atoms with Crippen molar-refractivity contribution in [2.24, 2.45) is 0 Å². The molecule has 0 saturated heterocycles. The Bertz CT molecular complexity index is 1550. The minimum Gasteiger partial charge on any atom is -0.462 e. The van der Waals surface area contributed by atoms with Gasteiger partial charge in [-0.1, -0.05) is 264 Å². The molecule has 0 heterocycles. The summed E-state index contributed by atoms with van der Waals surface area (Å²) in [5.41, 5.74) is 0. The van der Waals surface area contributed by atoms with Crippen molar-refractivity contribution in [3.63, 3.8) is 0 Å². The quantitative estimate of drug-likeness (QED) is 0.0261. The van der Waals surface area contributed by atoms with Crippen molar-refractivity contribution in [1.82, 2.24) is 0 Å². The van der Waals surface area contributed by atoms with Crippen molar-refractivity contribution in [3.05, 3.63) is 122 Å². The maximum Gasteiger partial charge on any atom is 0.306 e. The van der Waals surface area contributed by atoms with Crippen LogP contribution in [0, 0.1) is 0 Å². The Hall–Kier alpha value is -4.19. The van der Waals surface area contributed by atoms with Crippen LogP contribution in [0.25, 0.3) is 0 Å². The van der Waals surface area contributed by atoms with Gasteiger partial charge in [-0.05, 0) is 109 Å². The number of hydrogen-bond acceptors (Lipinski definition) is 6. The third-order valence-electron chi connectivity index (χ3n) is 12.7. The van der Waals surface area contributed by atoms with Crippen LogP contribution < -0.4 is 0 Å². The molecule has 6 heteroatoms. The molecule has 0 amide bonds. The van der Waals surface area contributed by atoms with Crippen LogP contribution >= 0.6 is 0 Å². The maximum atomic E-state index is 12.8. The van der Waals surface area contributed by atoms with Crippen molar-refractivity contribution in [2.75, 3.05) is 13.2 Å². The van der Waals surface area contributed by atoms with Crippen molar-refractivity contribution >= 4 is 17.9 Å². The zero-order valence-electron chi connectivity index (χ0n) is 48.1. The summed E-state index contributed by atoms with van der Waals surface area (Å²) in [5.74, 6) is -0.969. The van der Waals surface area contributed by atoms with E-state index in [-0.39, 0.29) is 37.5 Å². The molecule has 0 aromatic heterocycles. The molecule has 0 saturated carbocycles. The third-order valence-corrected chi connectivity index (χ3v) is 12.7. The van der Waals surface area contributed by atoms with E-state index in [1.165, 1.54) is 109 Å². The molecule has 0 aliphatic rings. The van der Waals surface area contributed by atoms with Gasteiger partial charge in [-0.25, -0.2) is 0 Å². The van der Waals surface area contributed by atoms with Crippen LogP contribution in [0.3, 0.4) is 0 Å². The van der Waals surface area contributed by atoms with E-state index in [2.05, 4.69) is 142 Å². The van der Waals surface area contributed by atoms with Gasteiger partial charge in [-0.2, -0.15) is 0 Å². The fourth-order valence-corrected chi connectivity index (χ4v) is 8.14. The minimum absolute atomic E-state index is 0.0992. The molecule has 0 fully saturated rings. The van der Waals surface area contributed by atoms with Crippen LogP contribution in [0.4, 0.5) is 0 Å². The van der Waals surface area contributed by atoms with Gasteiger partial charge < -0.3 is 14.2 Å². The molecular weight excluding hydrogens is 913 g/mol. The Morgan fingerprint density at radius 1 is 0.284 bits per heavy atom. The molecule has 6 nitrogen and oxygen atoms in total. The largest absolute Gasteiger partial charge is 0.462 e. The Morgan fingerprint density at radius 3 is 0.892 bits per heavy atom. The smallest absolute Gasteiger partial charge is 0.306 e. The number of rotatable bonds is 54. The van der Waals surface area contributed by atoms with Crippen molar-refractivity contribution in [1.29, 1.82) is 0 Å². The molecule has 0 rings (SSSR count). The Labute approximate surface area is 456 Å². The number of esters is 3. The van der Waals surface area contributed by atoms with Gasteiger partial charge in [0.1, 0.15) is 13.2 Å². The van der Waals surface area contributed by atoms with Crippen LogP contribution in [0.1, 0.15) is 271 Å². The summed E-state index contributed by atoms with van der Waals surface area (Å²) < 4.78 is 16.8. The zero-order chi connectivity index (χ0) is 53.6. The van der Waals surface area contributed by atoms with Crippen molar-refractivity contribution in [3.8, 4) is 0 Å². The lowest BCUT2D eigenvalue weighted by Crippen LogP contribution is -2.30. The monoisotopic (exact) mass is 1020 g/mol. The van der Waals surface area contributed by atoms with E-state index in [4.69, 9.17) is 14.2 Å². The highest BCUT2D eigenvalue weighted by atomic mass is 16.6. The first-order valence-corrected chi connectivity index (χ1v) is 30.5. The second kappa shape index (κ2) is 61.4. The van der Waals surface area contributed by atoms with Crippen molar-refractivity contribution in [2.45, 2.75) is 277 Å². The maximum absolute atomic E-state index is 12.8. The molecule has 74 heavy (non-hydrogen) atoms. The summed E-state index contributed by atoms with van der Waals surface area (Å²) in [7, 11) is 0. The predicted octanol–water partition coefficient (Wildman–Crippen LogP) is 20.8. The second-order valence-corrected chi connectivity index (χ2v) is 19.9. The minimum atomic E-state index is -0.807. The van der Waals surface area contributed by atoms with Gasteiger partial charge in [0.05, 0.1) is 0 Å². The van der Waals surface area contributed by atoms with Gasteiger partial charge in [0.25, 0.3) is 0 Å². The first-order chi connectivity index (χ1) is 36.5. The van der Waals surface area contributed by atoms with E-state index < -0.39 is 6.10 Å². The van der Waals surface area contributed by atoms with Gasteiger partial charge in [0, 0.05) is 19.3 Å². The van der Waals surface area contributed by atoms with E-state index in [0.29, 0.717) is 19.3 Å². The first-order valence-electron chi connectivity index (χ1n) is 30.5. The fraction of sp³-hybridized carbons (Fsp3) is 0.662. The lowest BCUT2D eigenvalue weighted by molar-refractivity contribution is -0.167. The molecule has 0 radical (unpaired) electrons. The first kappa shape index (κ1) is 69.8. The standard InChI is InChI=1S/C68H112O6/c1-4-7-10-13-16-19-22-25-27-28-29-30-31-32-33-34-35-36-37-38-39-40-42-43-46-49-52-55-58-61-67(70)73-64-65(63-72-66(69)60-57-54-51-48-45-24-21-18-15-12-9-6-3)74-68(71)62-59-56-53-50-47-44-41-26-23-20-17-14-11-8-5-2/h7,10,16,19,25-27,29-30,32-33,35-36,38-39,41-43,49,52,65H,4-6,8-9,11-15,17-18,20-24,28,31,34,37,40,44-48,50-51,53-64H2,1-3H3/b10-7-,19-16-,27-25-,30-29-,33-32-,36-35-,39-38-,41-26-,43-42-,52-49-. The molecule has 0 aromatic carbocycles. The summed E-state index contributed by atoms with van der Waals surface area (Å²) in [4.78, 5) is 38.1. The molecule has 0 aliphatic heterocycles. The predicted molar refractivity (Wildman–Crippen MR) is 320 cm³/mol. The van der Waals surface area contributed by atoms with Gasteiger partial charge in [0.15, 0.2) is 6.10 Å². The van der Waals surface area contributed by atoms with Gasteiger partial charge >= 0.3 is 17.9 Å². The summed E-state index contributed by atoms with van der Waals surface area (Å²) in [6, 6.07) is 0. The Balaban J connectivity index is 4.41. The van der Waals surface area contributed by atoms with Crippen LogP contribution in [-0.4, -0.2) is 37.2 Å². The Kier molecular flexibility index (Phi) is 57.9. The van der Waals surface area contributed by atoms with Gasteiger partial charge in [-0.3, -0.25) is 14.4 Å². The van der Waals surface area contributed by atoms with Crippen LogP contribution in [0.15, 0.2) is 122 Å². The van der Waals surface area contributed by atoms with Gasteiger partial charge in [-0.15, -0.1) is 0 Å². The van der Waals surface area contributed by atoms with Crippen LogP contribution in [0.2, 0.25) is 0 Å². The fourth-order valence-electron chi connectivity index (χ4n) is 8.14. The number of unbranched alkanes of at least 4 members (excludes halogenated alkanes) is 23. The number of hydrogen-bond donors (Lipinski definition) is 0. The van der Waals surface area contributed by atoms with Crippen LogP contribution in [-0.2, 0) is 28.6 Å². The molecule has 0 spiro atoms. The lowest BCUT2D eigenvalue weighted by Gasteiger charge is -2.18. The van der Waals surface area contributed by atoms with E-state index in [9.17, 15) is 14.4 Å². The average Bonchev–Trinajstić information content (AvgIpc) is 3.40. The molecule has 1 atom stereocenters. The van der Waals surface area contributed by atoms with E-state index >= 15 is 0 Å². The summed E-state index contributed by atoms with van der Waals surface area (Å²) in [6.45, 7) is 6.47. The Morgan fingerprint density at radius 2 is 0.541 bits per heavy atom. The number of ether oxygens (including phenoxy) is 3. The highest BCUT2D eigenvalue weighted by Crippen LogP contribution is 2.15. The number of allylic oxidation sites excluding steroid dienone is 20. The lowest BCUT2D eigenvalue weighted by atomic mass is 10.0. The SMILES string of the molecule is CC/C=C\C/C=C\C/C=C\C/C=C\C/C=C\C/C=C\C/C=C\C/C=C\C/C=C\CCCC(=O)OCC(COC(=O)CCCCCCCCCCCCCC)OC(=O)CCCCCCC/C=C\CCCCCCCC. The highest BCUT2D eigenvalue weighted by Gasteiger charge is 2.19. The highest BCUT2D eigenvalue weighted by molar-refractivity contribution is 5.71. The average molecular weight is 1030 g/mol. The number of carbonyl (C=O) groups is 3. The molecule has 0 aliphatic carbocycles. The molecule has 0 N–H and O–H groups in total. The second-order valence-electron chi connectivity index (χ2n) is 19.9.